The van der Waals surface area contributed by atoms with Gasteiger partial charge in [0.1, 0.15) is 6.07 Å². The zero-order valence-electron chi connectivity index (χ0n) is 12.2. The molecule has 1 aromatic heterocycles. The summed E-state index contributed by atoms with van der Waals surface area (Å²) in [5.41, 5.74) is 3.84. The fourth-order valence-electron chi connectivity index (χ4n) is 2.78. The van der Waals surface area contributed by atoms with Crippen LogP contribution in [0.25, 0.3) is 0 Å². The molecule has 1 heterocycles. The quantitative estimate of drug-likeness (QED) is 0.933. The molecule has 0 saturated heterocycles. The molecule has 1 aliphatic carbocycles. The van der Waals surface area contributed by atoms with E-state index >= 15 is 0 Å². The van der Waals surface area contributed by atoms with Crippen molar-refractivity contribution < 1.29 is 4.79 Å². The van der Waals surface area contributed by atoms with Crippen LogP contribution in [-0.4, -0.2) is 10.5 Å². The van der Waals surface area contributed by atoms with Gasteiger partial charge in [0.25, 0.3) is 5.91 Å². The molecule has 1 aliphatic rings. The zero-order valence-corrected chi connectivity index (χ0v) is 12.2. The number of para-hydroxylation sites is 1. The highest BCUT2D eigenvalue weighted by atomic mass is 16.1. The molecule has 1 saturated carbocycles. The van der Waals surface area contributed by atoms with Gasteiger partial charge in [0.05, 0.1) is 16.8 Å². The summed E-state index contributed by atoms with van der Waals surface area (Å²) in [6, 6.07) is 11.6. The summed E-state index contributed by atoms with van der Waals surface area (Å²) in [5.74, 6) is -0.155. The van der Waals surface area contributed by atoms with Gasteiger partial charge in [0.15, 0.2) is 0 Å². The van der Waals surface area contributed by atoms with E-state index in [0.29, 0.717) is 22.9 Å². The standard InChI is InChI=1S/C17H17N3O/c1-11-9-15(12(2)20(11)14-7-8-14)17(21)19-16-6-4-3-5-13(16)10-18/h3-6,9,14H,7-8H2,1-2H3,(H,19,21). The summed E-state index contributed by atoms with van der Waals surface area (Å²) >= 11 is 0. The van der Waals surface area contributed by atoms with Gasteiger partial charge >= 0.3 is 0 Å². The highest BCUT2D eigenvalue weighted by Gasteiger charge is 2.28. The molecule has 106 valence electrons. The van der Waals surface area contributed by atoms with Gasteiger partial charge in [0, 0.05) is 17.4 Å². The fraction of sp³-hybridized carbons (Fsp3) is 0.294. The second kappa shape index (κ2) is 5.10. The van der Waals surface area contributed by atoms with Crippen LogP contribution in [0.1, 0.15) is 46.2 Å². The lowest BCUT2D eigenvalue weighted by atomic mass is 10.1. The summed E-state index contributed by atoms with van der Waals surface area (Å²) in [6.07, 6.45) is 2.38. The number of carbonyl (C=O) groups excluding carboxylic acids is 1. The predicted molar refractivity (Wildman–Crippen MR) is 81.3 cm³/mol. The third kappa shape index (κ3) is 2.43. The van der Waals surface area contributed by atoms with Gasteiger partial charge in [-0.05, 0) is 44.9 Å². The normalized spacial score (nSPS) is 13.8. The van der Waals surface area contributed by atoms with Crippen LogP contribution >= 0.6 is 0 Å². The number of aromatic nitrogens is 1. The van der Waals surface area contributed by atoms with Crippen molar-refractivity contribution in [2.24, 2.45) is 0 Å². The molecule has 0 radical (unpaired) electrons. The highest BCUT2D eigenvalue weighted by Crippen LogP contribution is 2.38. The Morgan fingerprint density at radius 1 is 1.33 bits per heavy atom. The monoisotopic (exact) mass is 279 g/mol. The molecule has 1 amide bonds. The van der Waals surface area contributed by atoms with E-state index < -0.39 is 0 Å². The van der Waals surface area contributed by atoms with Gasteiger partial charge in [-0.3, -0.25) is 4.79 Å². The molecule has 0 spiro atoms. The van der Waals surface area contributed by atoms with E-state index in [4.69, 9.17) is 5.26 Å². The first-order valence-corrected chi connectivity index (χ1v) is 7.10. The molecule has 1 aromatic carbocycles. The van der Waals surface area contributed by atoms with Crippen molar-refractivity contribution in [1.29, 1.82) is 5.26 Å². The molecule has 0 aliphatic heterocycles. The first-order valence-electron chi connectivity index (χ1n) is 7.10. The van der Waals surface area contributed by atoms with Crippen LogP contribution < -0.4 is 5.32 Å². The van der Waals surface area contributed by atoms with Crippen molar-refractivity contribution >= 4 is 11.6 Å². The molecule has 2 aromatic rings. The topological polar surface area (TPSA) is 57.8 Å². The van der Waals surface area contributed by atoms with Gasteiger partial charge in [-0.1, -0.05) is 12.1 Å². The predicted octanol–water partition coefficient (Wildman–Crippen LogP) is 3.56. The Kier molecular flexibility index (Phi) is 3.26. The largest absolute Gasteiger partial charge is 0.345 e. The lowest BCUT2D eigenvalue weighted by Gasteiger charge is -2.09. The van der Waals surface area contributed by atoms with Crippen molar-refractivity contribution in [2.75, 3.05) is 5.32 Å². The van der Waals surface area contributed by atoms with Crippen molar-refractivity contribution in [3.05, 3.63) is 52.8 Å². The van der Waals surface area contributed by atoms with Crippen molar-refractivity contribution in [1.82, 2.24) is 4.57 Å². The SMILES string of the molecule is Cc1cc(C(=O)Nc2ccccc2C#N)c(C)n1C1CC1. The van der Waals surface area contributed by atoms with Gasteiger partial charge in [-0.25, -0.2) is 0 Å². The molecule has 0 atom stereocenters. The maximum absolute atomic E-state index is 12.5. The average molecular weight is 279 g/mol. The number of nitriles is 1. The minimum absolute atomic E-state index is 0.155. The summed E-state index contributed by atoms with van der Waals surface area (Å²) in [5, 5.41) is 11.9. The van der Waals surface area contributed by atoms with E-state index in [1.807, 2.05) is 26.0 Å². The molecule has 0 bridgehead atoms. The lowest BCUT2D eigenvalue weighted by molar-refractivity contribution is 0.102. The summed E-state index contributed by atoms with van der Waals surface area (Å²) in [7, 11) is 0. The fourth-order valence-corrected chi connectivity index (χ4v) is 2.78. The zero-order chi connectivity index (χ0) is 15.0. The Morgan fingerprint density at radius 2 is 2.05 bits per heavy atom. The third-order valence-electron chi connectivity index (χ3n) is 3.94. The second-order valence-electron chi connectivity index (χ2n) is 5.50. The van der Waals surface area contributed by atoms with Crippen LogP contribution in [0.4, 0.5) is 5.69 Å². The summed E-state index contributed by atoms with van der Waals surface area (Å²) in [6.45, 7) is 4.02. The van der Waals surface area contributed by atoms with Gasteiger partial charge in [0.2, 0.25) is 0 Å². The van der Waals surface area contributed by atoms with Crippen LogP contribution in [0.15, 0.2) is 30.3 Å². The first-order chi connectivity index (χ1) is 10.1. The number of nitrogens with one attached hydrogen (secondary N) is 1. The van der Waals surface area contributed by atoms with Crippen molar-refractivity contribution in [3.8, 4) is 6.07 Å². The number of anilines is 1. The number of nitrogens with zero attached hydrogens (tertiary/aromatic N) is 2. The Morgan fingerprint density at radius 3 is 2.71 bits per heavy atom. The van der Waals surface area contributed by atoms with E-state index in [9.17, 15) is 4.79 Å². The van der Waals surface area contributed by atoms with E-state index in [0.717, 1.165) is 11.4 Å². The molecular weight excluding hydrogens is 262 g/mol. The Hall–Kier alpha value is -2.54. The molecular formula is C17H17N3O. The maximum Gasteiger partial charge on any atom is 0.257 e. The number of hydrogen-bond acceptors (Lipinski definition) is 2. The molecule has 0 unspecified atom stereocenters. The van der Waals surface area contributed by atoms with Gasteiger partial charge in [-0.2, -0.15) is 5.26 Å². The van der Waals surface area contributed by atoms with Crippen LogP contribution in [0.3, 0.4) is 0 Å². The average Bonchev–Trinajstić information content (AvgIpc) is 3.25. The van der Waals surface area contributed by atoms with Crippen LogP contribution in [0.5, 0.6) is 0 Å². The molecule has 1 N–H and O–H groups in total. The van der Waals surface area contributed by atoms with Crippen molar-refractivity contribution in [2.45, 2.75) is 32.7 Å². The number of hydrogen-bond donors (Lipinski definition) is 1. The minimum atomic E-state index is -0.155. The van der Waals surface area contributed by atoms with Gasteiger partial charge < -0.3 is 9.88 Å². The number of carbonyl (C=O) groups is 1. The molecule has 4 nitrogen and oxygen atoms in total. The van der Waals surface area contributed by atoms with E-state index in [1.54, 1.807) is 18.2 Å². The van der Waals surface area contributed by atoms with E-state index in [-0.39, 0.29) is 5.91 Å². The number of rotatable bonds is 3. The maximum atomic E-state index is 12.5. The van der Waals surface area contributed by atoms with Crippen LogP contribution in [0.2, 0.25) is 0 Å². The molecule has 21 heavy (non-hydrogen) atoms. The van der Waals surface area contributed by atoms with E-state index in [1.165, 1.54) is 12.8 Å². The van der Waals surface area contributed by atoms with E-state index in [2.05, 4.69) is 16.0 Å². The smallest absolute Gasteiger partial charge is 0.257 e. The second-order valence-corrected chi connectivity index (χ2v) is 5.50. The first kappa shape index (κ1) is 13.4. The Bertz CT molecular complexity index is 748. The third-order valence-corrected chi connectivity index (χ3v) is 3.94. The van der Waals surface area contributed by atoms with Crippen molar-refractivity contribution in [3.63, 3.8) is 0 Å². The van der Waals surface area contributed by atoms with Gasteiger partial charge in [-0.15, -0.1) is 0 Å². The lowest BCUT2D eigenvalue weighted by Crippen LogP contribution is -2.14. The summed E-state index contributed by atoms with van der Waals surface area (Å²) in [4.78, 5) is 12.5. The Balaban J connectivity index is 1.89. The Labute approximate surface area is 124 Å². The van der Waals surface area contributed by atoms with Crippen LogP contribution in [-0.2, 0) is 0 Å². The number of aryl methyl sites for hydroxylation is 1. The minimum Gasteiger partial charge on any atom is -0.345 e. The van der Waals surface area contributed by atoms with Crippen LogP contribution in [0, 0.1) is 25.2 Å². The number of benzene rings is 1. The summed E-state index contributed by atoms with van der Waals surface area (Å²) < 4.78 is 2.24. The number of amides is 1. The molecule has 4 heteroatoms. The highest BCUT2D eigenvalue weighted by molar-refractivity contribution is 6.06. The molecule has 1 fully saturated rings. The molecule has 3 rings (SSSR count).